The van der Waals surface area contributed by atoms with E-state index in [4.69, 9.17) is 5.11 Å². The Kier molecular flexibility index (Phi) is 2.86. The molecule has 3 aromatic heterocycles. The number of carbonyl (C=O) groups is 1. The van der Waals surface area contributed by atoms with Crippen LogP contribution in [0, 0.1) is 13.8 Å². The van der Waals surface area contributed by atoms with Crippen molar-refractivity contribution in [3.8, 4) is 11.3 Å². The van der Waals surface area contributed by atoms with Gasteiger partial charge in [0.05, 0.1) is 11.4 Å². The Balaban J connectivity index is 2.13. The first kappa shape index (κ1) is 12.9. The van der Waals surface area contributed by atoms with Gasteiger partial charge in [0.2, 0.25) is 0 Å². The Morgan fingerprint density at radius 1 is 1.40 bits per heavy atom. The number of hydrogen-bond acceptors (Lipinski definition) is 4. The zero-order valence-corrected chi connectivity index (χ0v) is 12.2. The van der Waals surface area contributed by atoms with Crippen LogP contribution >= 0.6 is 11.3 Å². The van der Waals surface area contributed by atoms with Crippen molar-refractivity contribution in [3.05, 3.63) is 28.7 Å². The molecule has 6 nitrogen and oxygen atoms in total. The number of aromatic nitrogens is 4. The van der Waals surface area contributed by atoms with Gasteiger partial charge in [-0.15, -0.1) is 0 Å². The number of fused-ring (bicyclic) bond motifs is 1. The third-order valence-electron chi connectivity index (χ3n) is 3.30. The van der Waals surface area contributed by atoms with Crippen molar-refractivity contribution in [2.45, 2.75) is 27.3 Å². The predicted octanol–water partition coefficient (Wildman–Crippen LogP) is 2.59. The lowest BCUT2D eigenvalue weighted by atomic mass is 10.1. The van der Waals surface area contributed by atoms with Gasteiger partial charge < -0.3 is 5.11 Å². The molecule has 1 N–H and O–H groups in total. The van der Waals surface area contributed by atoms with Gasteiger partial charge in [0.1, 0.15) is 4.88 Å². The van der Waals surface area contributed by atoms with Crippen LogP contribution in [-0.4, -0.2) is 30.2 Å². The van der Waals surface area contributed by atoms with E-state index in [1.165, 1.54) is 11.3 Å². The molecule has 0 saturated carbocycles. The maximum Gasteiger partial charge on any atom is 0.347 e. The van der Waals surface area contributed by atoms with Gasteiger partial charge in [-0.3, -0.25) is 9.08 Å². The van der Waals surface area contributed by atoms with E-state index in [0.29, 0.717) is 4.96 Å². The maximum atomic E-state index is 10.9. The molecule has 3 rings (SSSR count). The first-order valence-electron chi connectivity index (χ1n) is 6.27. The largest absolute Gasteiger partial charge is 0.477 e. The van der Waals surface area contributed by atoms with Crippen LogP contribution in [0.4, 0.5) is 0 Å². The molecule has 3 heterocycles. The van der Waals surface area contributed by atoms with Gasteiger partial charge in [0.15, 0.2) is 4.96 Å². The van der Waals surface area contributed by atoms with Crippen molar-refractivity contribution < 1.29 is 9.90 Å². The molecule has 0 saturated heterocycles. The molecule has 0 bridgehead atoms. The van der Waals surface area contributed by atoms with Crippen LogP contribution in [-0.2, 0) is 6.54 Å². The Hall–Kier alpha value is -2.15. The summed E-state index contributed by atoms with van der Waals surface area (Å²) in [6, 6.07) is 0. The van der Waals surface area contributed by atoms with Gasteiger partial charge in [0, 0.05) is 30.2 Å². The molecule has 104 valence electrons. The summed E-state index contributed by atoms with van der Waals surface area (Å²) < 4.78 is 3.70. The lowest BCUT2D eigenvalue weighted by Crippen LogP contribution is -1.98. The standard InChI is InChI=1S/C13H14N4O2S/c1-4-17-8(3)11(7(2)15-17)9-5-16-6-10(12(18)19)20-13(16)14-9/h5-6H,4H2,1-3H3,(H,18,19). The Bertz CT molecular complexity index is 780. The van der Waals surface area contributed by atoms with Crippen LogP contribution in [0.3, 0.4) is 0 Å². The minimum Gasteiger partial charge on any atom is -0.477 e. The second-order valence-corrected chi connectivity index (χ2v) is 5.59. The maximum absolute atomic E-state index is 10.9. The van der Waals surface area contributed by atoms with Crippen LogP contribution in [0.2, 0.25) is 0 Å². The quantitative estimate of drug-likeness (QED) is 0.804. The number of rotatable bonds is 3. The van der Waals surface area contributed by atoms with Crippen LogP contribution in [0.25, 0.3) is 16.2 Å². The molecule has 0 aliphatic heterocycles. The van der Waals surface area contributed by atoms with E-state index >= 15 is 0 Å². The Morgan fingerprint density at radius 3 is 2.70 bits per heavy atom. The minimum atomic E-state index is -0.923. The molecule has 3 aromatic rings. The fourth-order valence-corrected chi connectivity index (χ4v) is 3.20. The number of aryl methyl sites for hydroxylation is 2. The summed E-state index contributed by atoms with van der Waals surface area (Å²) >= 11 is 1.17. The topological polar surface area (TPSA) is 72.4 Å². The molecule has 0 radical (unpaired) electrons. The van der Waals surface area contributed by atoms with E-state index in [9.17, 15) is 4.79 Å². The van der Waals surface area contributed by atoms with Gasteiger partial charge >= 0.3 is 5.97 Å². The molecular weight excluding hydrogens is 276 g/mol. The number of aromatic carboxylic acids is 1. The number of thiazole rings is 1. The first-order chi connectivity index (χ1) is 9.51. The molecule has 0 amide bonds. The third-order valence-corrected chi connectivity index (χ3v) is 4.29. The lowest BCUT2D eigenvalue weighted by molar-refractivity contribution is 0.0702. The van der Waals surface area contributed by atoms with Crippen molar-refractivity contribution in [3.63, 3.8) is 0 Å². The normalized spacial score (nSPS) is 11.3. The van der Waals surface area contributed by atoms with E-state index in [2.05, 4.69) is 10.1 Å². The van der Waals surface area contributed by atoms with E-state index in [0.717, 1.165) is 29.2 Å². The van der Waals surface area contributed by atoms with Crippen molar-refractivity contribution >= 4 is 22.3 Å². The average Bonchev–Trinajstić information content (AvgIpc) is 3.00. The summed E-state index contributed by atoms with van der Waals surface area (Å²) in [5.74, 6) is -0.923. The van der Waals surface area contributed by atoms with Crippen LogP contribution in [0.15, 0.2) is 12.4 Å². The van der Waals surface area contributed by atoms with E-state index < -0.39 is 5.97 Å². The van der Waals surface area contributed by atoms with Gasteiger partial charge in [-0.2, -0.15) is 5.10 Å². The van der Waals surface area contributed by atoms with Crippen molar-refractivity contribution in [1.82, 2.24) is 19.2 Å². The number of imidazole rings is 1. The summed E-state index contributed by atoms with van der Waals surface area (Å²) in [5.41, 5.74) is 3.88. The SMILES string of the molecule is CCn1nc(C)c(-c2cn3cc(C(=O)O)sc3n2)c1C. The third kappa shape index (κ3) is 1.82. The van der Waals surface area contributed by atoms with Crippen LogP contribution in [0.5, 0.6) is 0 Å². The van der Waals surface area contributed by atoms with E-state index in [-0.39, 0.29) is 4.88 Å². The second kappa shape index (κ2) is 4.45. The number of hydrogen-bond donors (Lipinski definition) is 1. The highest BCUT2D eigenvalue weighted by Crippen LogP contribution is 2.28. The highest BCUT2D eigenvalue weighted by atomic mass is 32.1. The second-order valence-electron chi connectivity index (χ2n) is 4.58. The Labute approximate surface area is 119 Å². The summed E-state index contributed by atoms with van der Waals surface area (Å²) in [6.07, 6.45) is 3.45. The van der Waals surface area contributed by atoms with Crippen LogP contribution in [0.1, 0.15) is 28.0 Å². The van der Waals surface area contributed by atoms with Crippen molar-refractivity contribution in [2.24, 2.45) is 0 Å². The van der Waals surface area contributed by atoms with Gasteiger partial charge in [0.25, 0.3) is 0 Å². The molecule has 0 fully saturated rings. The molecule has 0 atom stereocenters. The smallest absolute Gasteiger partial charge is 0.347 e. The van der Waals surface area contributed by atoms with Crippen molar-refractivity contribution in [1.29, 1.82) is 0 Å². The highest BCUT2D eigenvalue weighted by Gasteiger charge is 2.17. The molecule has 0 unspecified atom stereocenters. The Morgan fingerprint density at radius 2 is 2.15 bits per heavy atom. The zero-order valence-electron chi connectivity index (χ0n) is 11.4. The molecule has 0 aliphatic carbocycles. The molecule has 7 heteroatoms. The molecular formula is C13H14N4O2S. The van der Waals surface area contributed by atoms with Gasteiger partial charge in [-0.05, 0) is 20.8 Å². The zero-order chi connectivity index (χ0) is 14.4. The van der Waals surface area contributed by atoms with E-state index in [1.54, 1.807) is 10.6 Å². The minimum absolute atomic E-state index is 0.289. The fraction of sp³-hybridized carbons (Fsp3) is 0.308. The molecule has 20 heavy (non-hydrogen) atoms. The summed E-state index contributed by atoms with van der Waals surface area (Å²) in [7, 11) is 0. The number of nitrogens with zero attached hydrogens (tertiary/aromatic N) is 4. The van der Waals surface area contributed by atoms with Gasteiger partial charge in [-0.25, -0.2) is 9.78 Å². The van der Waals surface area contributed by atoms with Crippen molar-refractivity contribution in [2.75, 3.05) is 0 Å². The van der Waals surface area contributed by atoms with E-state index in [1.807, 2.05) is 31.6 Å². The highest BCUT2D eigenvalue weighted by molar-refractivity contribution is 7.18. The molecule has 0 aliphatic rings. The summed E-state index contributed by atoms with van der Waals surface area (Å²) in [5, 5.41) is 13.5. The number of carboxylic acids is 1. The fourth-order valence-electron chi connectivity index (χ4n) is 2.39. The predicted molar refractivity (Wildman–Crippen MR) is 76.4 cm³/mol. The number of carboxylic acid groups (broad SMARTS) is 1. The summed E-state index contributed by atoms with van der Waals surface area (Å²) in [4.78, 5) is 16.4. The molecule has 0 aromatic carbocycles. The van der Waals surface area contributed by atoms with Gasteiger partial charge in [-0.1, -0.05) is 11.3 Å². The monoisotopic (exact) mass is 290 g/mol. The van der Waals surface area contributed by atoms with Crippen LogP contribution < -0.4 is 0 Å². The molecule has 0 spiro atoms. The lowest BCUT2D eigenvalue weighted by Gasteiger charge is -1.99. The summed E-state index contributed by atoms with van der Waals surface area (Å²) in [6.45, 7) is 6.85. The average molecular weight is 290 g/mol. The first-order valence-corrected chi connectivity index (χ1v) is 7.09.